The molecule has 1 aliphatic rings. The molecule has 2 nitrogen and oxygen atoms in total. The van der Waals surface area contributed by atoms with E-state index < -0.39 is 0 Å². The van der Waals surface area contributed by atoms with Crippen LogP contribution in [0.1, 0.15) is 31.4 Å². The number of nitrogen functional groups attached to an aromatic ring is 1. The number of aryl methyl sites for hydroxylation is 1. The van der Waals surface area contributed by atoms with Gasteiger partial charge in [0.05, 0.1) is 6.61 Å². The van der Waals surface area contributed by atoms with Crippen molar-refractivity contribution in [1.82, 2.24) is 0 Å². The Hall–Kier alpha value is -1.18. The number of hydrogen-bond donors (Lipinski definition) is 1. The van der Waals surface area contributed by atoms with Crippen LogP contribution >= 0.6 is 0 Å². The Bertz CT molecular complexity index is 369. The van der Waals surface area contributed by atoms with Crippen molar-refractivity contribution in [3.63, 3.8) is 0 Å². The minimum absolute atomic E-state index is 0.190. The molecule has 0 saturated carbocycles. The second kappa shape index (κ2) is 2.91. The maximum absolute atomic E-state index is 5.91. The highest BCUT2D eigenvalue weighted by molar-refractivity contribution is 5.56. The lowest BCUT2D eigenvalue weighted by Gasteiger charge is -2.33. The van der Waals surface area contributed by atoms with Gasteiger partial charge in [-0.1, -0.05) is 13.8 Å². The molecule has 76 valence electrons. The number of fused-ring (bicyclic) bond motifs is 1. The van der Waals surface area contributed by atoms with Crippen LogP contribution < -0.4 is 10.5 Å². The average Bonchev–Trinajstić information content (AvgIpc) is 2.08. The molecule has 1 aromatic rings. The number of benzene rings is 1. The fraction of sp³-hybridized carbons (Fsp3) is 0.500. The monoisotopic (exact) mass is 191 g/mol. The highest BCUT2D eigenvalue weighted by Gasteiger charge is 2.29. The number of rotatable bonds is 0. The summed E-state index contributed by atoms with van der Waals surface area (Å²) in [4.78, 5) is 0. The smallest absolute Gasteiger partial charge is 0.123 e. The third-order valence-electron chi connectivity index (χ3n) is 3.08. The molecule has 14 heavy (non-hydrogen) atoms. The van der Waals surface area contributed by atoms with Gasteiger partial charge in [0.25, 0.3) is 0 Å². The van der Waals surface area contributed by atoms with E-state index in [1.807, 2.05) is 13.0 Å². The van der Waals surface area contributed by atoms with Gasteiger partial charge in [-0.05, 0) is 36.5 Å². The first-order valence-corrected chi connectivity index (χ1v) is 5.04. The largest absolute Gasteiger partial charge is 0.493 e. The Balaban J connectivity index is 2.59. The minimum Gasteiger partial charge on any atom is -0.493 e. The van der Waals surface area contributed by atoms with Crippen LogP contribution in [0.15, 0.2) is 12.1 Å². The van der Waals surface area contributed by atoms with Crippen LogP contribution in [0.5, 0.6) is 5.75 Å². The fourth-order valence-electron chi connectivity index (χ4n) is 1.90. The Kier molecular flexibility index (Phi) is 1.95. The standard InChI is InChI=1S/C12H17NO/c1-8-6-11-9(7-10(8)13)12(2,3)4-5-14-11/h6-7H,4-5,13H2,1-3H3. The van der Waals surface area contributed by atoms with Gasteiger partial charge in [-0.25, -0.2) is 0 Å². The zero-order chi connectivity index (χ0) is 10.3. The van der Waals surface area contributed by atoms with Crippen molar-refractivity contribution in [2.45, 2.75) is 32.6 Å². The van der Waals surface area contributed by atoms with Crippen LogP contribution in [0.2, 0.25) is 0 Å². The topological polar surface area (TPSA) is 35.2 Å². The molecule has 0 spiro atoms. The molecule has 0 fully saturated rings. The molecule has 2 heteroatoms. The van der Waals surface area contributed by atoms with Crippen LogP contribution in [-0.4, -0.2) is 6.61 Å². The van der Waals surface area contributed by atoms with Crippen molar-refractivity contribution in [2.24, 2.45) is 0 Å². The molecule has 0 atom stereocenters. The van der Waals surface area contributed by atoms with E-state index in [1.165, 1.54) is 5.56 Å². The lowest BCUT2D eigenvalue weighted by molar-refractivity contribution is 0.234. The summed E-state index contributed by atoms with van der Waals surface area (Å²) in [6.45, 7) is 7.30. The van der Waals surface area contributed by atoms with Gasteiger partial charge in [-0.3, -0.25) is 0 Å². The van der Waals surface area contributed by atoms with Crippen LogP contribution in [0.25, 0.3) is 0 Å². The Labute approximate surface area is 85.1 Å². The number of anilines is 1. The van der Waals surface area contributed by atoms with E-state index in [9.17, 15) is 0 Å². The quantitative estimate of drug-likeness (QED) is 0.640. The molecular weight excluding hydrogens is 174 g/mol. The molecule has 2 N–H and O–H groups in total. The third-order valence-corrected chi connectivity index (χ3v) is 3.08. The molecule has 0 aliphatic carbocycles. The Morgan fingerprint density at radius 3 is 2.79 bits per heavy atom. The molecule has 0 unspecified atom stereocenters. The molecule has 1 heterocycles. The summed E-state index contributed by atoms with van der Waals surface area (Å²) in [5.74, 6) is 1.01. The van der Waals surface area contributed by atoms with Crippen LogP contribution in [0.4, 0.5) is 5.69 Å². The van der Waals surface area contributed by atoms with E-state index in [0.717, 1.165) is 30.0 Å². The maximum Gasteiger partial charge on any atom is 0.123 e. The lowest BCUT2D eigenvalue weighted by atomic mass is 9.79. The first kappa shape index (κ1) is 9.38. The molecule has 0 radical (unpaired) electrons. The normalized spacial score (nSPS) is 18.5. The van der Waals surface area contributed by atoms with Crippen LogP contribution in [0.3, 0.4) is 0 Å². The summed E-state index contributed by atoms with van der Waals surface area (Å²) in [6.07, 6.45) is 1.06. The Morgan fingerprint density at radius 2 is 2.07 bits per heavy atom. The van der Waals surface area contributed by atoms with Gasteiger partial charge in [0, 0.05) is 11.3 Å². The first-order chi connectivity index (χ1) is 6.50. The number of nitrogens with two attached hydrogens (primary N) is 1. The van der Waals surface area contributed by atoms with Crippen molar-refractivity contribution in [2.75, 3.05) is 12.3 Å². The summed E-state index contributed by atoms with van der Waals surface area (Å²) < 4.78 is 5.64. The summed E-state index contributed by atoms with van der Waals surface area (Å²) in [7, 11) is 0. The summed E-state index contributed by atoms with van der Waals surface area (Å²) in [5, 5.41) is 0. The summed E-state index contributed by atoms with van der Waals surface area (Å²) in [5.41, 5.74) is 9.30. The van der Waals surface area contributed by atoms with Crippen molar-refractivity contribution in [1.29, 1.82) is 0 Å². The van der Waals surface area contributed by atoms with E-state index in [1.54, 1.807) is 0 Å². The molecular formula is C12H17NO. The highest BCUT2D eigenvalue weighted by Crippen LogP contribution is 2.40. The predicted octanol–water partition coefficient (Wildman–Crippen LogP) is 2.64. The van der Waals surface area contributed by atoms with Gasteiger partial charge in [0.1, 0.15) is 5.75 Å². The maximum atomic E-state index is 5.91. The van der Waals surface area contributed by atoms with Gasteiger partial charge in [-0.2, -0.15) is 0 Å². The van der Waals surface area contributed by atoms with Crippen LogP contribution in [-0.2, 0) is 5.41 Å². The van der Waals surface area contributed by atoms with E-state index >= 15 is 0 Å². The van der Waals surface area contributed by atoms with E-state index in [0.29, 0.717) is 0 Å². The van der Waals surface area contributed by atoms with Gasteiger partial charge < -0.3 is 10.5 Å². The van der Waals surface area contributed by atoms with Gasteiger partial charge in [-0.15, -0.1) is 0 Å². The fourth-order valence-corrected chi connectivity index (χ4v) is 1.90. The van der Waals surface area contributed by atoms with Crippen LogP contribution in [0, 0.1) is 6.92 Å². The molecule has 2 rings (SSSR count). The third kappa shape index (κ3) is 1.35. The summed E-state index contributed by atoms with van der Waals surface area (Å²) in [6, 6.07) is 4.11. The molecule has 1 aromatic carbocycles. The zero-order valence-corrected chi connectivity index (χ0v) is 9.05. The minimum atomic E-state index is 0.190. The SMILES string of the molecule is Cc1cc2c(cc1N)C(C)(C)CCO2. The lowest BCUT2D eigenvalue weighted by Crippen LogP contribution is -2.26. The van der Waals surface area contributed by atoms with Gasteiger partial charge in [0.2, 0.25) is 0 Å². The van der Waals surface area contributed by atoms with Crippen molar-refractivity contribution < 1.29 is 4.74 Å². The number of ether oxygens (including phenoxy) is 1. The Morgan fingerprint density at radius 1 is 1.36 bits per heavy atom. The van der Waals surface area contributed by atoms with Crippen molar-refractivity contribution in [3.8, 4) is 5.75 Å². The summed E-state index contributed by atoms with van der Waals surface area (Å²) >= 11 is 0. The van der Waals surface area contributed by atoms with Gasteiger partial charge >= 0.3 is 0 Å². The molecule has 0 bridgehead atoms. The molecule has 0 aromatic heterocycles. The average molecular weight is 191 g/mol. The predicted molar refractivity (Wildman–Crippen MR) is 58.7 cm³/mol. The van der Waals surface area contributed by atoms with Crippen molar-refractivity contribution >= 4 is 5.69 Å². The van der Waals surface area contributed by atoms with E-state index in [4.69, 9.17) is 10.5 Å². The first-order valence-electron chi connectivity index (χ1n) is 5.04. The zero-order valence-electron chi connectivity index (χ0n) is 9.05. The van der Waals surface area contributed by atoms with Crippen molar-refractivity contribution in [3.05, 3.63) is 23.3 Å². The van der Waals surface area contributed by atoms with E-state index in [-0.39, 0.29) is 5.41 Å². The molecule has 0 amide bonds. The number of hydrogen-bond acceptors (Lipinski definition) is 2. The van der Waals surface area contributed by atoms with Gasteiger partial charge in [0.15, 0.2) is 0 Å². The van der Waals surface area contributed by atoms with E-state index in [2.05, 4.69) is 19.9 Å². The molecule has 1 aliphatic heterocycles. The molecule has 0 saturated heterocycles. The second-order valence-electron chi connectivity index (χ2n) is 4.69. The highest BCUT2D eigenvalue weighted by atomic mass is 16.5. The second-order valence-corrected chi connectivity index (χ2v) is 4.69.